The Morgan fingerprint density at radius 3 is 2.20 bits per heavy atom. The minimum Gasteiger partial charge on any atom is -0.504 e. The average molecular weight is 863 g/mol. The van der Waals surface area contributed by atoms with Crippen LogP contribution in [0.5, 0.6) is 0 Å². The van der Waals surface area contributed by atoms with Crippen LogP contribution in [-0.4, -0.2) is 22.1 Å². The smallest absolute Gasteiger partial charge is 0.448 e. The standard InChI is InChI=1S/C36H42N.C7H9F3O2.Ir/c1-24-19-25(2)34-30(26-13-17-36(18-14-26)15-9-6-10-16-36)23-32(37-33(34)20-24)28-21-27-11-7-8-12-29(27)31(22-28)35(3,4)5;1-4(2)5(11)3-6(12)7(8,9)10;/h7-8,11-12,19-20,22-23,26H,6,9-10,13-18H2,1-5H3;3-4,12H,1-2H3;/q-1;;/b;6-3-;. The van der Waals surface area contributed by atoms with E-state index in [1.165, 1.54) is 110 Å². The number of pyridine rings is 1. The number of ketones is 1. The normalized spacial score (nSPS) is 17.1. The molecule has 0 amide bonds. The Bertz CT molecular complexity index is 1850. The molecule has 50 heavy (non-hydrogen) atoms. The van der Waals surface area contributed by atoms with Gasteiger partial charge in [0.15, 0.2) is 5.78 Å². The molecule has 7 heteroatoms. The van der Waals surface area contributed by atoms with Crippen LogP contribution in [0.2, 0.25) is 0 Å². The van der Waals surface area contributed by atoms with E-state index < -0.39 is 23.6 Å². The van der Waals surface area contributed by atoms with Crippen molar-refractivity contribution in [2.45, 2.75) is 124 Å². The van der Waals surface area contributed by atoms with E-state index in [4.69, 9.17) is 10.1 Å². The van der Waals surface area contributed by atoms with Crippen molar-refractivity contribution in [2.75, 3.05) is 0 Å². The molecule has 0 atom stereocenters. The Balaban J connectivity index is 0.000000373. The fourth-order valence-electron chi connectivity index (χ4n) is 7.97. The molecular weight excluding hydrogens is 812 g/mol. The summed E-state index contributed by atoms with van der Waals surface area (Å²) in [6.07, 6.45) is 8.07. The van der Waals surface area contributed by atoms with Gasteiger partial charge in [-0.1, -0.05) is 95.2 Å². The number of nitrogens with zero attached hydrogens (tertiary/aromatic N) is 1. The maximum absolute atomic E-state index is 11.6. The van der Waals surface area contributed by atoms with Gasteiger partial charge < -0.3 is 5.11 Å². The van der Waals surface area contributed by atoms with Crippen LogP contribution in [0.3, 0.4) is 0 Å². The predicted octanol–water partition coefficient (Wildman–Crippen LogP) is 12.6. The molecule has 0 bridgehead atoms. The van der Waals surface area contributed by atoms with Crippen molar-refractivity contribution in [1.29, 1.82) is 0 Å². The molecule has 3 nitrogen and oxygen atoms in total. The minimum atomic E-state index is -4.83. The van der Waals surface area contributed by atoms with Gasteiger partial charge in [-0.25, -0.2) is 0 Å². The molecule has 6 rings (SSSR count). The quantitative estimate of drug-likeness (QED) is 0.126. The molecule has 0 saturated heterocycles. The molecule has 1 aromatic heterocycles. The molecule has 271 valence electrons. The van der Waals surface area contributed by atoms with E-state index in [1.807, 2.05) is 0 Å². The van der Waals surface area contributed by atoms with E-state index >= 15 is 0 Å². The first kappa shape index (κ1) is 39.8. The maximum atomic E-state index is 11.6. The van der Waals surface area contributed by atoms with Gasteiger partial charge in [0.1, 0.15) is 0 Å². The molecule has 1 N–H and O–H groups in total. The third-order valence-corrected chi connectivity index (χ3v) is 10.7. The Kier molecular flexibility index (Phi) is 12.5. The van der Waals surface area contributed by atoms with Crippen LogP contribution in [0.1, 0.15) is 121 Å². The fourth-order valence-corrected chi connectivity index (χ4v) is 7.97. The largest absolute Gasteiger partial charge is 0.504 e. The van der Waals surface area contributed by atoms with Crippen molar-refractivity contribution >= 4 is 27.5 Å². The van der Waals surface area contributed by atoms with Gasteiger partial charge in [-0.3, -0.25) is 9.78 Å². The van der Waals surface area contributed by atoms with Crippen LogP contribution in [-0.2, 0) is 30.3 Å². The summed E-state index contributed by atoms with van der Waals surface area (Å²) in [5.74, 6) is -2.51. The molecule has 2 saturated carbocycles. The van der Waals surface area contributed by atoms with Crippen LogP contribution in [0.4, 0.5) is 13.2 Å². The zero-order valence-corrected chi connectivity index (χ0v) is 32.9. The summed E-state index contributed by atoms with van der Waals surface area (Å²) in [7, 11) is 0. The zero-order valence-electron chi connectivity index (χ0n) is 30.5. The second kappa shape index (κ2) is 15.7. The first-order valence-electron chi connectivity index (χ1n) is 17.9. The Hall–Kier alpha value is -3.02. The van der Waals surface area contributed by atoms with E-state index in [-0.39, 0.29) is 31.6 Å². The van der Waals surface area contributed by atoms with Crippen LogP contribution in [0, 0.1) is 31.2 Å². The molecule has 2 aliphatic rings. The van der Waals surface area contributed by atoms with Crippen LogP contribution >= 0.6 is 0 Å². The number of fused-ring (bicyclic) bond motifs is 2. The number of carbonyl (C=O) groups excluding carboxylic acids is 1. The summed E-state index contributed by atoms with van der Waals surface area (Å²) in [4.78, 5) is 16.0. The van der Waals surface area contributed by atoms with E-state index in [0.29, 0.717) is 11.3 Å². The number of aliphatic hydroxyl groups excluding tert-OH is 1. The van der Waals surface area contributed by atoms with Crippen molar-refractivity contribution in [3.05, 3.63) is 88.7 Å². The van der Waals surface area contributed by atoms with Gasteiger partial charge in [-0.05, 0) is 91.9 Å². The molecule has 4 aromatic rings. The number of benzene rings is 3. The van der Waals surface area contributed by atoms with Crippen LogP contribution in [0.15, 0.2) is 60.4 Å². The van der Waals surface area contributed by atoms with Crippen molar-refractivity contribution in [1.82, 2.24) is 4.98 Å². The molecule has 0 aliphatic heterocycles. The number of halogens is 3. The van der Waals surface area contributed by atoms with Gasteiger partial charge in [0, 0.05) is 43.2 Å². The summed E-state index contributed by atoms with van der Waals surface area (Å²) in [5, 5.41) is 12.2. The second-order valence-corrected chi connectivity index (χ2v) is 15.9. The molecule has 1 radical (unpaired) electrons. The molecule has 3 aromatic carbocycles. The van der Waals surface area contributed by atoms with E-state index in [2.05, 4.69) is 89.2 Å². The SMILES string of the molecule is CC(C)C(=O)/C=C(\O)C(F)(F)F.Cc1cc(C)c2c(C3CCC4(CCCCC4)CC3)cc(-c3[c-]c4ccccc4c(C(C)(C)C)c3)nc2c1.[Ir]. The summed E-state index contributed by atoms with van der Waals surface area (Å²) in [5.41, 5.74) is 9.63. The van der Waals surface area contributed by atoms with Gasteiger partial charge in [-0.2, -0.15) is 13.2 Å². The number of hydrogen-bond donors (Lipinski definition) is 1. The zero-order chi connectivity index (χ0) is 35.7. The van der Waals surface area contributed by atoms with Gasteiger partial charge in [-0.15, -0.1) is 29.1 Å². The van der Waals surface area contributed by atoms with E-state index in [9.17, 15) is 18.0 Å². The Labute approximate surface area is 309 Å². The number of aromatic nitrogens is 1. The summed E-state index contributed by atoms with van der Waals surface area (Å²) < 4.78 is 34.8. The molecular formula is C43H51F3IrNO2-. The number of hydrogen-bond acceptors (Lipinski definition) is 3. The molecule has 2 aliphatic carbocycles. The van der Waals surface area contributed by atoms with Crippen LogP contribution in [0.25, 0.3) is 32.9 Å². The number of alkyl halides is 3. The van der Waals surface area contributed by atoms with Gasteiger partial charge in [0.25, 0.3) is 0 Å². The predicted molar refractivity (Wildman–Crippen MR) is 195 cm³/mol. The third-order valence-electron chi connectivity index (χ3n) is 10.7. The summed E-state index contributed by atoms with van der Waals surface area (Å²) >= 11 is 0. The third kappa shape index (κ3) is 9.06. The van der Waals surface area contributed by atoms with E-state index in [0.717, 1.165) is 16.8 Å². The first-order chi connectivity index (χ1) is 23.0. The van der Waals surface area contributed by atoms with Gasteiger partial charge in [0.05, 0.1) is 5.52 Å². The number of rotatable bonds is 4. The first-order valence-corrected chi connectivity index (χ1v) is 17.9. The summed E-state index contributed by atoms with van der Waals surface area (Å²) in [6, 6.07) is 21.9. The molecule has 1 spiro atoms. The minimum absolute atomic E-state index is 0. The van der Waals surface area contributed by atoms with Crippen molar-refractivity contribution in [3.63, 3.8) is 0 Å². The topological polar surface area (TPSA) is 50.2 Å². The molecule has 1 heterocycles. The van der Waals surface area contributed by atoms with Crippen molar-refractivity contribution < 1.29 is 43.2 Å². The van der Waals surface area contributed by atoms with Gasteiger partial charge in [0.2, 0.25) is 5.76 Å². The fraction of sp³-hybridized carbons (Fsp3) is 0.488. The van der Waals surface area contributed by atoms with Gasteiger partial charge >= 0.3 is 6.18 Å². The van der Waals surface area contributed by atoms with Crippen LogP contribution < -0.4 is 0 Å². The molecule has 0 unspecified atom stereocenters. The van der Waals surface area contributed by atoms with E-state index in [1.54, 1.807) is 0 Å². The average Bonchev–Trinajstić information content (AvgIpc) is 3.03. The second-order valence-electron chi connectivity index (χ2n) is 15.9. The van der Waals surface area contributed by atoms with Crippen molar-refractivity contribution in [3.8, 4) is 11.3 Å². The Morgan fingerprint density at radius 2 is 1.60 bits per heavy atom. The number of allylic oxidation sites excluding steroid dienone is 2. The number of carbonyl (C=O) groups is 1. The maximum Gasteiger partial charge on any atom is 0.448 e. The summed E-state index contributed by atoms with van der Waals surface area (Å²) in [6.45, 7) is 14.3. The number of aryl methyl sites for hydroxylation is 2. The number of aliphatic hydroxyl groups is 1. The monoisotopic (exact) mass is 863 g/mol. The molecule has 2 fully saturated rings. The van der Waals surface area contributed by atoms with Crippen molar-refractivity contribution in [2.24, 2.45) is 11.3 Å². The Morgan fingerprint density at radius 1 is 0.960 bits per heavy atom.